The maximum Gasteiger partial charge on any atom is 0.239 e. The number of aliphatic hydroxyl groups is 2. The fourth-order valence-corrected chi connectivity index (χ4v) is 5.23. The normalized spacial score (nSPS) is 19.1. The molecule has 1 fully saturated rings. The van der Waals surface area contributed by atoms with Crippen LogP contribution in [-0.2, 0) is 14.4 Å². The number of rotatable bonds is 9. The molecule has 3 heterocycles. The molecule has 0 spiro atoms. The zero-order valence-electron chi connectivity index (χ0n) is 23.7. The zero-order valence-corrected chi connectivity index (χ0v) is 24.4. The number of benzene rings is 2. The first kappa shape index (κ1) is 30.1. The number of halogens is 1. The maximum atomic E-state index is 13.1. The van der Waals surface area contributed by atoms with E-state index in [1.165, 1.54) is 4.90 Å². The number of β-amino-alcohol motifs (C(OH)–C–C–N with tert-alkyl or cyclic N) is 2. The monoisotopic (exact) mass is 609 g/mol. The minimum atomic E-state index is -0.969. The molecule has 3 amide bonds. The Morgan fingerprint density at radius 2 is 1.74 bits per heavy atom. The molecule has 2 aliphatic heterocycles. The summed E-state index contributed by atoms with van der Waals surface area (Å²) in [5.41, 5.74) is 2.95. The van der Waals surface area contributed by atoms with Gasteiger partial charge in [-0.1, -0.05) is 23.7 Å². The second kappa shape index (κ2) is 12.9. The Labute approximate surface area is 252 Å². The lowest BCUT2D eigenvalue weighted by molar-refractivity contribution is -0.131. The van der Waals surface area contributed by atoms with E-state index < -0.39 is 30.1 Å². The molecule has 0 bridgehead atoms. The van der Waals surface area contributed by atoms with Crippen LogP contribution in [0, 0.1) is 6.92 Å². The van der Waals surface area contributed by atoms with Gasteiger partial charge in [0, 0.05) is 42.2 Å². The molecule has 1 aromatic heterocycles. The standard InChI is InChI=1S/C29H32ClN7O6/c1-16-34-35-29-21(12-25(40)32-13-26(41)31-10-9-27(42)36-14-23(38)24(39)15-36)33-28(17-3-5-18(30)6-4-17)20-11-19(43-2)7-8-22(20)37(16)29/h3-8,11,21,23-24,38-39H,9-10,12-15H2,1-2H3,(H,31,41)(H,32,40)/t21-,23-,24+/m0/s1. The number of carbonyl (C=O) groups excluding carboxylic acids is 3. The van der Waals surface area contributed by atoms with Crippen molar-refractivity contribution < 1.29 is 29.3 Å². The van der Waals surface area contributed by atoms with Crippen molar-refractivity contribution in [2.75, 3.05) is 33.3 Å². The van der Waals surface area contributed by atoms with E-state index in [0.29, 0.717) is 28.1 Å². The third kappa shape index (κ3) is 6.69. The Bertz CT molecular complexity index is 1550. The molecule has 13 nitrogen and oxygen atoms in total. The van der Waals surface area contributed by atoms with Gasteiger partial charge in [0.2, 0.25) is 17.7 Å². The third-order valence-corrected chi connectivity index (χ3v) is 7.60. The first-order valence-electron chi connectivity index (χ1n) is 13.8. The summed E-state index contributed by atoms with van der Waals surface area (Å²) < 4.78 is 7.35. The van der Waals surface area contributed by atoms with Crippen LogP contribution >= 0.6 is 11.6 Å². The van der Waals surface area contributed by atoms with Crippen molar-refractivity contribution in [3.8, 4) is 11.4 Å². The Kier molecular flexibility index (Phi) is 9.04. The molecule has 3 atom stereocenters. The van der Waals surface area contributed by atoms with E-state index in [9.17, 15) is 24.6 Å². The first-order valence-corrected chi connectivity index (χ1v) is 14.1. The molecule has 2 aliphatic rings. The molecule has 0 saturated carbocycles. The zero-order chi connectivity index (χ0) is 30.7. The summed E-state index contributed by atoms with van der Waals surface area (Å²) in [7, 11) is 1.58. The fourth-order valence-electron chi connectivity index (χ4n) is 5.11. The van der Waals surface area contributed by atoms with Gasteiger partial charge >= 0.3 is 0 Å². The average Bonchev–Trinajstić information content (AvgIpc) is 3.51. The number of aryl methyl sites for hydroxylation is 1. The summed E-state index contributed by atoms with van der Waals surface area (Å²) >= 11 is 6.15. The van der Waals surface area contributed by atoms with Gasteiger partial charge in [-0.3, -0.25) is 23.9 Å². The van der Waals surface area contributed by atoms with E-state index in [0.717, 1.165) is 16.8 Å². The van der Waals surface area contributed by atoms with Crippen molar-refractivity contribution in [3.05, 3.63) is 70.3 Å². The lowest BCUT2D eigenvalue weighted by Gasteiger charge is -2.15. The Morgan fingerprint density at radius 1 is 1.02 bits per heavy atom. The van der Waals surface area contributed by atoms with Crippen molar-refractivity contribution in [2.24, 2.45) is 4.99 Å². The molecule has 0 aliphatic carbocycles. The SMILES string of the molecule is COc1ccc2c(c1)C(c1ccc(Cl)cc1)=N[C@@H](CC(=O)NCC(=O)NCCC(=O)N1C[C@@H](O)[C@@H](O)C1)c1nnc(C)n1-2. The number of methoxy groups -OCH3 is 1. The highest BCUT2D eigenvalue weighted by molar-refractivity contribution is 6.30. The van der Waals surface area contributed by atoms with E-state index >= 15 is 0 Å². The van der Waals surface area contributed by atoms with E-state index in [4.69, 9.17) is 21.3 Å². The molecule has 2 aromatic carbocycles. The summed E-state index contributed by atoms with van der Waals surface area (Å²) in [5.74, 6) is 0.542. The molecule has 14 heteroatoms. The quantitative estimate of drug-likeness (QED) is 0.275. The number of aliphatic imine (C=N–C) groups is 1. The molecule has 1 saturated heterocycles. The van der Waals surface area contributed by atoms with E-state index in [2.05, 4.69) is 20.8 Å². The van der Waals surface area contributed by atoms with Gasteiger partial charge in [-0.25, -0.2) is 0 Å². The summed E-state index contributed by atoms with van der Waals surface area (Å²) in [6.07, 6.45) is -2.04. The highest BCUT2D eigenvalue weighted by atomic mass is 35.5. The smallest absolute Gasteiger partial charge is 0.239 e. The molecule has 0 radical (unpaired) electrons. The molecule has 226 valence electrons. The Balaban J connectivity index is 1.28. The molecular weight excluding hydrogens is 578 g/mol. The van der Waals surface area contributed by atoms with Crippen LogP contribution in [0.25, 0.3) is 5.69 Å². The largest absolute Gasteiger partial charge is 0.497 e. The molecule has 4 N–H and O–H groups in total. The number of fused-ring (bicyclic) bond motifs is 3. The molecular formula is C29H32ClN7O6. The van der Waals surface area contributed by atoms with Gasteiger partial charge in [0.1, 0.15) is 17.6 Å². The van der Waals surface area contributed by atoms with Gasteiger partial charge in [-0.05, 0) is 37.3 Å². The van der Waals surface area contributed by atoms with Crippen molar-refractivity contribution in [2.45, 2.75) is 38.0 Å². The Hall–Kier alpha value is -4.33. The number of carbonyl (C=O) groups is 3. The minimum Gasteiger partial charge on any atom is -0.497 e. The van der Waals surface area contributed by atoms with Crippen molar-refractivity contribution in [3.63, 3.8) is 0 Å². The van der Waals surface area contributed by atoms with Crippen molar-refractivity contribution in [1.29, 1.82) is 0 Å². The number of ether oxygens (including phenoxy) is 1. The number of aliphatic hydroxyl groups excluding tert-OH is 2. The van der Waals surface area contributed by atoms with Crippen LogP contribution in [0.1, 0.15) is 41.7 Å². The number of likely N-dealkylation sites (tertiary alicyclic amines) is 1. The number of nitrogens with one attached hydrogen (secondary N) is 2. The second-order valence-electron chi connectivity index (χ2n) is 10.3. The van der Waals surface area contributed by atoms with E-state index in [-0.39, 0.29) is 44.9 Å². The highest BCUT2D eigenvalue weighted by Crippen LogP contribution is 2.34. The first-order chi connectivity index (χ1) is 20.6. The predicted molar refractivity (Wildman–Crippen MR) is 156 cm³/mol. The van der Waals surface area contributed by atoms with Crippen LogP contribution in [0.15, 0.2) is 47.5 Å². The van der Waals surface area contributed by atoms with Crippen LogP contribution in [0.5, 0.6) is 5.75 Å². The lowest BCUT2D eigenvalue weighted by atomic mass is 10.00. The van der Waals surface area contributed by atoms with Crippen molar-refractivity contribution in [1.82, 2.24) is 30.3 Å². The van der Waals surface area contributed by atoms with Crippen molar-refractivity contribution >= 4 is 35.0 Å². The Morgan fingerprint density at radius 3 is 2.44 bits per heavy atom. The molecule has 3 aromatic rings. The summed E-state index contributed by atoms with van der Waals surface area (Å²) in [6, 6.07) is 12.1. The minimum absolute atomic E-state index is 0.00372. The number of nitrogens with zero attached hydrogens (tertiary/aromatic N) is 5. The van der Waals surface area contributed by atoms with E-state index in [1.807, 2.05) is 41.8 Å². The number of hydrogen-bond acceptors (Lipinski definition) is 9. The number of aromatic nitrogens is 3. The van der Waals surface area contributed by atoms with Crippen LogP contribution in [-0.4, -0.2) is 98.8 Å². The summed E-state index contributed by atoms with van der Waals surface area (Å²) in [6.45, 7) is 1.69. The van der Waals surface area contributed by atoms with Gasteiger partial charge in [0.05, 0.1) is 43.7 Å². The molecule has 5 rings (SSSR count). The van der Waals surface area contributed by atoms with Crippen LogP contribution < -0.4 is 15.4 Å². The summed E-state index contributed by atoms with van der Waals surface area (Å²) in [5, 5.41) is 33.6. The predicted octanol–water partition coefficient (Wildman–Crippen LogP) is 0.706. The third-order valence-electron chi connectivity index (χ3n) is 7.35. The second-order valence-corrected chi connectivity index (χ2v) is 10.8. The van der Waals surface area contributed by atoms with Gasteiger partial charge in [0.15, 0.2) is 5.82 Å². The van der Waals surface area contributed by atoms with Gasteiger partial charge in [-0.2, -0.15) is 0 Å². The average molecular weight is 610 g/mol. The topological polar surface area (TPSA) is 171 Å². The van der Waals surface area contributed by atoms with Gasteiger partial charge in [0.25, 0.3) is 0 Å². The van der Waals surface area contributed by atoms with E-state index in [1.54, 1.807) is 19.2 Å². The molecule has 0 unspecified atom stereocenters. The van der Waals surface area contributed by atoms with Crippen LogP contribution in [0.4, 0.5) is 0 Å². The fraction of sp³-hybridized carbons (Fsp3) is 0.379. The number of hydrogen-bond donors (Lipinski definition) is 4. The lowest BCUT2D eigenvalue weighted by Crippen LogP contribution is -2.39. The summed E-state index contributed by atoms with van der Waals surface area (Å²) in [4.78, 5) is 44.0. The maximum absolute atomic E-state index is 13.1. The highest BCUT2D eigenvalue weighted by Gasteiger charge is 2.32. The number of amides is 3. The van der Waals surface area contributed by atoms with Crippen LogP contribution in [0.3, 0.4) is 0 Å². The van der Waals surface area contributed by atoms with Gasteiger partial charge < -0.3 is 30.5 Å². The molecule has 43 heavy (non-hydrogen) atoms. The van der Waals surface area contributed by atoms with Crippen LogP contribution in [0.2, 0.25) is 5.02 Å². The van der Waals surface area contributed by atoms with Gasteiger partial charge in [-0.15, -0.1) is 10.2 Å².